The summed E-state index contributed by atoms with van der Waals surface area (Å²) in [7, 11) is 1.77. The van der Waals surface area contributed by atoms with Gasteiger partial charge in [0, 0.05) is 17.6 Å². The van der Waals surface area contributed by atoms with E-state index < -0.39 is 0 Å². The van der Waals surface area contributed by atoms with Gasteiger partial charge in [0.25, 0.3) is 0 Å². The molecule has 1 aromatic carbocycles. The molecule has 1 fully saturated rings. The highest BCUT2D eigenvalue weighted by atomic mass is 16.5. The van der Waals surface area contributed by atoms with Crippen molar-refractivity contribution in [3.63, 3.8) is 0 Å². The van der Waals surface area contributed by atoms with E-state index in [-0.39, 0.29) is 5.54 Å². The predicted molar refractivity (Wildman–Crippen MR) is 68.5 cm³/mol. The number of hydrogen-bond donors (Lipinski definition) is 2. The molecule has 3 heteroatoms. The van der Waals surface area contributed by atoms with Crippen LogP contribution in [0.15, 0.2) is 18.2 Å². The van der Waals surface area contributed by atoms with Gasteiger partial charge in [-0.2, -0.15) is 0 Å². The lowest BCUT2D eigenvalue weighted by Crippen LogP contribution is -2.53. The van der Waals surface area contributed by atoms with E-state index in [9.17, 15) is 0 Å². The van der Waals surface area contributed by atoms with Crippen molar-refractivity contribution in [3.8, 4) is 5.75 Å². The van der Waals surface area contributed by atoms with E-state index >= 15 is 0 Å². The summed E-state index contributed by atoms with van der Waals surface area (Å²) in [5.41, 5.74) is 3.06. The van der Waals surface area contributed by atoms with Crippen molar-refractivity contribution in [2.24, 2.45) is 0 Å². The van der Waals surface area contributed by atoms with Crippen molar-refractivity contribution in [2.75, 3.05) is 26.7 Å². The zero-order valence-electron chi connectivity index (χ0n) is 10.4. The molecule has 3 nitrogen and oxygen atoms in total. The van der Waals surface area contributed by atoms with E-state index in [1.54, 1.807) is 7.11 Å². The Morgan fingerprint density at radius 2 is 2.00 bits per heavy atom. The second-order valence-electron chi connectivity index (χ2n) is 5.00. The average molecular weight is 232 g/mol. The molecule has 0 unspecified atom stereocenters. The Morgan fingerprint density at radius 3 is 2.76 bits per heavy atom. The maximum absolute atomic E-state index is 5.50. The predicted octanol–water partition coefficient (Wildman–Crippen LogP) is 1.42. The monoisotopic (exact) mass is 232 g/mol. The Labute approximate surface area is 103 Å². The molecule has 0 bridgehead atoms. The van der Waals surface area contributed by atoms with Crippen molar-refractivity contribution in [1.82, 2.24) is 10.6 Å². The van der Waals surface area contributed by atoms with Gasteiger partial charge < -0.3 is 15.4 Å². The first kappa shape index (κ1) is 11.1. The maximum Gasteiger partial charge on any atom is 0.122 e. The molecule has 2 aliphatic heterocycles. The van der Waals surface area contributed by atoms with Gasteiger partial charge >= 0.3 is 0 Å². The van der Waals surface area contributed by atoms with Crippen LogP contribution in [0.3, 0.4) is 0 Å². The Balaban J connectivity index is 2.07. The molecular weight excluding hydrogens is 212 g/mol. The molecule has 2 N–H and O–H groups in total. The van der Waals surface area contributed by atoms with Crippen LogP contribution in [0.2, 0.25) is 0 Å². The van der Waals surface area contributed by atoms with Crippen LogP contribution < -0.4 is 15.4 Å². The summed E-state index contributed by atoms with van der Waals surface area (Å²) in [6, 6.07) is 6.47. The van der Waals surface area contributed by atoms with E-state index in [0.29, 0.717) is 0 Å². The van der Waals surface area contributed by atoms with Crippen molar-refractivity contribution >= 4 is 0 Å². The largest absolute Gasteiger partial charge is 0.496 e. The first-order valence-corrected chi connectivity index (χ1v) is 6.48. The van der Waals surface area contributed by atoms with E-state index in [1.807, 2.05) is 0 Å². The topological polar surface area (TPSA) is 33.3 Å². The smallest absolute Gasteiger partial charge is 0.122 e. The molecule has 0 atom stereocenters. The minimum Gasteiger partial charge on any atom is -0.496 e. The summed E-state index contributed by atoms with van der Waals surface area (Å²) in [5, 5.41) is 7.19. The molecule has 3 rings (SSSR count). The van der Waals surface area contributed by atoms with Gasteiger partial charge in [-0.05, 0) is 44.0 Å². The maximum atomic E-state index is 5.50. The van der Waals surface area contributed by atoms with Crippen molar-refractivity contribution < 1.29 is 4.74 Å². The third kappa shape index (κ3) is 1.74. The van der Waals surface area contributed by atoms with Crippen LogP contribution in [-0.2, 0) is 12.0 Å². The number of benzene rings is 1. The SMILES string of the molecule is COc1cccc2c1CCNC21CCNCC1. The van der Waals surface area contributed by atoms with Crippen LogP contribution in [0.5, 0.6) is 5.75 Å². The molecule has 1 spiro atoms. The highest BCUT2D eigenvalue weighted by Crippen LogP contribution is 2.39. The lowest BCUT2D eigenvalue weighted by atomic mass is 9.76. The summed E-state index contributed by atoms with van der Waals surface area (Å²) < 4.78 is 5.50. The molecule has 0 amide bonds. The number of piperidine rings is 1. The summed E-state index contributed by atoms with van der Waals surface area (Å²) in [6.45, 7) is 3.26. The molecule has 1 saturated heterocycles. The van der Waals surface area contributed by atoms with Crippen LogP contribution in [-0.4, -0.2) is 26.7 Å². The molecule has 1 aromatic rings. The quantitative estimate of drug-likeness (QED) is 0.768. The lowest BCUT2D eigenvalue weighted by molar-refractivity contribution is 0.232. The summed E-state index contributed by atoms with van der Waals surface area (Å²) in [6.07, 6.45) is 3.43. The van der Waals surface area contributed by atoms with Gasteiger partial charge in [0.1, 0.15) is 5.75 Å². The van der Waals surface area contributed by atoms with Crippen molar-refractivity contribution in [3.05, 3.63) is 29.3 Å². The molecule has 92 valence electrons. The summed E-state index contributed by atoms with van der Waals surface area (Å²) >= 11 is 0. The molecule has 0 radical (unpaired) electrons. The van der Waals surface area contributed by atoms with E-state index in [4.69, 9.17) is 4.74 Å². The van der Waals surface area contributed by atoms with Crippen molar-refractivity contribution in [2.45, 2.75) is 24.8 Å². The normalized spacial score (nSPS) is 22.2. The first-order valence-electron chi connectivity index (χ1n) is 6.48. The third-order valence-electron chi connectivity index (χ3n) is 4.16. The van der Waals surface area contributed by atoms with Gasteiger partial charge in [-0.15, -0.1) is 0 Å². The summed E-state index contributed by atoms with van der Waals surface area (Å²) in [5.74, 6) is 1.06. The lowest BCUT2D eigenvalue weighted by Gasteiger charge is -2.43. The Hall–Kier alpha value is -1.06. The van der Waals surface area contributed by atoms with Gasteiger partial charge in [-0.1, -0.05) is 12.1 Å². The molecule has 17 heavy (non-hydrogen) atoms. The van der Waals surface area contributed by atoms with Crippen LogP contribution >= 0.6 is 0 Å². The molecule has 0 aliphatic carbocycles. The number of methoxy groups -OCH3 is 1. The van der Waals surface area contributed by atoms with Gasteiger partial charge in [-0.25, -0.2) is 0 Å². The van der Waals surface area contributed by atoms with Crippen LogP contribution in [0.25, 0.3) is 0 Å². The second kappa shape index (κ2) is 4.31. The highest BCUT2D eigenvalue weighted by molar-refractivity contribution is 5.46. The van der Waals surface area contributed by atoms with Crippen LogP contribution in [0.1, 0.15) is 24.0 Å². The molecule has 0 aromatic heterocycles. The summed E-state index contributed by atoms with van der Waals surface area (Å²) in [4.78, 5) is 0. The van der Waals surface area contributed by atoms with E-state index in [2.05, 4.69) is 28.8 Å². The van der Waals surface area contributed by atoms with Gasteiger partial charge in [0.15, 0.2) is 0 Å². The Morgan fingerprint density at radius 1 is 1.18 bits per heavy atom. The van der Waals surface area contributed by atoms with Gasteiger partial charge in [-0.3, -0.25) is 0 Å². The standard InChI is InChI=1S/C14H20N2O/c1-17-13-4-2-3-12-11(13)5-8-16-14(12)6-9-15-10-7-14/h2-4,15-16H,5-10H2,1H3. The number of rotatable bonds is 1. The molecule has 0 saturated carbocycles. The zero-order valence-corrected chi connectivity index (χ0v) is 10.4. The van der Waals surface area contributed by atoms with Gasteiger partial charge in [0.2, 0.25) is 0 Å². The minimum absolute atomic E-state index is 0.188. The Bertz CT molecular complexity index is 411. The molecular formula is C14H20N2O. The van der Waals surface area contributed by atoms with E-state index in [0.717, 1.165) is 31.8 Å². The highest BCUT2D eigenvalue weighted by Gasteiger charge is 2.38. The zero-order chi connectivity index (χ0) is 11.7. The Kier molecular flexibility index (Phi) is 2.81. The van der Waals surface area contributed by atoms with Gasteiger partial charge in [0.05, 0.1) is 7.11 Å². The molecule has 2 aliphatic rings. The third-order valence-corrected chi connectivity index (χ3v) is 4.16. The fourth-order valence-corrected chi connectivity index (χ4v) is 3.28. The first-order chi connectivity index (χ1) is 8.36. The number of nitrogens with one attached hydrogen (secondary N) is 2. The second-order valence-corrected chi connectivity index (χ2v) is 5.00. The fraction of sp³-hybridized carbons (Fsp3) is 0.571. The minimum atomic E-state index is 0.188. The molecule has 2 heterocycles. The van der Waals surface area contributed by atoms with Crippen LogP contribution in [0.4, 0.5) is 0 Å². The number of hydrogen-bond acceptors (Lipinski definition) is 3. The van der Waals surface area contributed by atoms with Crippen LogP contribution in [0, 0.1) is 0 Å². The number of ether oxygens (including phenoxy) is 1. The van der Waals surface area contributed by atoms with Crippen molar-refractivity contribution in [1.29, 1.82) is 0 Å². The fourth-order valence-electron chi connectivity index (χ4n) is 3.28. The number of fused-ring (bicyclic) bond motifs is 2. The average Bonchev–Trinajstić information content (AvgIpc) is 2.40. The van der Waals surface area contributed by atoms with E-state index in [1.165, 1.54) is 24.0 Å².